The lowest BCUT2D eigenvalue weighted by molar-refractivity contribution is -0.145. The topological polar surface area (TPSA) is 269 Å². The van der Waals surface area contributed by atoms with Crippen LogP contribution in [0.3, 0.4) is 0 Å². The molecule has 0 bridgehead atoms. The third kappa shape index (κ3) is 23.4. The molecule has 1 aliphatic carbocycles. The van der Waals surface area contributed by atoms with Crippen LogP contribution in [-0.2, 0) is 52.6 Å². The Morgan fingerprint density at radius 3 is 2.00 bits per heavy atom. The molecule has 0 aromatic rings. The van der Waals surface area contributed by atoms with Gasteiger partial charge in [-0.15, -0.1) is 0 Å². The summed E-state index contributed by atoms with van der Waals surface area (Å²) in [6, 6.07) is -1.10. The maximum Gasteiger partial charge on any atom is 0.306 e. The largest absolute Gasteiger partial charge is 0.481 e. The normalized spacial score (nSPS) is 16.4. The lowest BCUT2D eigenvalue weighted by Crippen LogP contribution is -2.41. The van der Waals surface area contributed by atoms with E-state index in [1.54, 1.807) is 0 Å². The second-order valence-corrected chi connectivity index (χ2v) is 13.7. The Hall–Kier alpha value is -4.25. The van der Waals surface area contributed by atoms with Crippen LogP contribution in [0.1, 0.15) is 116 Å². The highest BCUT2D eigenvalue weighted by molar-refractivity contribution is 5.90. The fraction of sp³-hybridized carbons (Fsp3) is 0.757. The highest BCUT2D eigenvalue weighted by Crippen LogP contribution is 2.31. The standard InChI is InChI=1S/C37H59N3O14/c1-2-3-6-28(41)23-39-34(46)24-54-20-19-53-18-5-7-30(42)29(15-17-36(49)50)40-33(45)16-14-27(37(51)52)21-31(43)26-12-10-25(11-13-26)22-38-32(44)8-4-9-35(47)48/h25-27,29H,2-24H2,1H3,(H,38,44)(H,39,46)(H,40,45)(H,47,48)(H,49,50)(H,51,52)/t25?,26?,27-,29+/m1/s1. The summed E-state index contributed by atoms with van der Waals surface area (Å²) in [6.07, 6.45) is 3.82. The molecule has 3 amide bonds. The highest BCUT2D eigenvalue weighted by atomic mass is 16.5. The van der Waals surface area contributed by atoms with Crippen LogP contribution < -0.4 is 16.0 Å². The van der Waals surface area contributed by atoms with Crippen molar-refractivity contribution in [2.75, 3.05) is 39.5 Å². The zero-order chi connectivity index (χ0) is 40.3. The molecule has 6 N–H and O–H groups in total. The zero-order valence-electron chi connectivity index (χ0n) is 31.4. The van der Waals surface area contributed by atoms with Crippen molar-refractivity contribution < 1.29 is 67.9 Å². The van der Waals surface area contributed by atoms with Crippen molar-refractivity contribution in [2.45, 2.75) is 122 Å². The van der Waals surface area contributed by atoms with Crippen molar-refractivity contribution in [1.29, 1.82) is 0 Å². The molecule has 54 heavy (non-hydrogen) atoms. The minimum atomic E-state index is -1.23. The molecule has 1 rings (SSSR count). The molecule has 1 saturated carbocycles. The van der Waals surface area contributed by atoms with Gasteiger partial charge in [-0.2, -0.15) is 0 Å². The van der Waals surface area contributed by atoms with Crippen molar-refractivity contribution in [3.63, 3.8) is 0 Å². The van der Waals surface area contributed by atoms with Crippen molar-refractivity contribution >= 4 is 53.0 Å². The minimum absolute atomic E-state index is 0.0203. The number of rotatable bonds is 32. The fourth-order valence-corrected chi connectivity index (χ4v) is 5.93. The van der Waals surface area contributed by atoms with E-state index in [-0.39, 0.29) is 126 Å². The second-order valence-electron chi connectivity index (χ2n) is 13.7. The molecule has 0 aliphatic heterocycles. The van der Waals surface area contributed by atoms with Crippen LogP contribution in [0.5, 0.6) is 0 Å². The molecule has 0 unspecified atom stereocenters. The molecule has 0 spiro atoms. The van der Waals surface area contributed by atoms with E-state index in [9.17, 15) is 48.3 Å². The van der Waals surface area contributed by atoms with Crippen molar-refractivity contribution in [2.24, 2.45) is 17.8 Å². The Bertz CT molecular complexity index is 1250. The molecule has 0 radical (unpaired) electrons. The molecule has 0 aromatic heterocycles. The molecule has 0 aromatic carbocycles. The van der Waals surface area contributed by atoms with Crippen LogP contribution in [0.4, 0.5) is 0 Å². The Labute approximate surface area is 316 Å². The number of hydrogen-bond donors (Lipinski definition) is 6. The third-order valence-corrected chi connectivity index (χ3v) is 9.18. The molecule has 1 aliphatic rings. The van der Waals surface area contributed by atoms with E-state index in [0.717, 1.165) is 12.8 Å². The highest BCUT2D eigenvalue weighted by Gasteiger charge is 2.31. The smallest absolute Gasteiger partial charge is 0.306 e. The van der Waals surface area contributed by atoms with E-state index >= 15 is 0 Å². The number of carbonyl (C=O) groups excluding carboxylic acids is 6. The lowest BCUT2D eigenvalue weighted by Gasteiger charge is -2.28. The van der Waals surface area contributed by atoms with E-state index in [1.165, 1.54) is 0 Å². The summed E-state index contributed by atoms with van der Waals surface area (Å²) in [6.45, 7) is 2.53. The van der Waals surface area contributed by atoms with Crippen molar-refractivity contribution in [1.82, 2.24) is 16.0 Å². The van der Waals surface area contributed by atoms with Crippen molar-refractivity contribution in [3.8, 4) is 0 Å². The first-order chi connectivity index (χ1) is 25.7. The Morgan fingerprint density at radius 1 is 0.667 bits per heavy atom. The number of carboxylic acid groups (broad SMARTS) is 3. The number of aliphatic carboxylic acids is 3. The van der Waals surface area contributed by atoms with Gasteiger partial charge in [0, 0.05) is 64.0 Å². The number of Topliss-reactive ketones (excluding diaryl/α,β-unsaturated/α-hetero) is 3. The van der Waals surface area contributed by atoms with Gasteiger partial charge in [0.05, 0.1) is 31.7 Å². The first kappa shape index (κ1) is 47.8. The van der Waals surface area contributed by atoms with Crippen molar-refractivity contribution in [3.05, 3.63) is 0 Å². The van der Waals surface area contributed by atoms with Gasteiger partial charge >= 0.3 is 17.9 Å². The van der Waals surface area contributed by atoms with Gasteiger partial charge in [-0.05, 0) is 63.7 Å². The van der Waals surface area contributed by atoms with Gasteiger partial charge in [0.2, 0.25) is 17.7 Å². The fourth-order valence-electron chi connectivity index (χ4n) is 5.93. The maximum atomic E-state index is 13.0. The summed E-state index contributed by atoms with van der Waals surface area (Å²) in [7, 11) is 0. The van der Waals surface area contributed by atoms with E-state index in [2.05, 4.69) is 16.0 Å². The SMILES string of the molecule is CCCCC(=O)CNC(=O)COCCOCCCC(=O)[C@H](CCC(=O)O)NC(=O)CC[C@H](CC(=O)C1CCC(CNC(=O)CCCC(=O)O)CC1)C(=O)O. The predicted molar refractivity (Wildman–Crippen MR) is 192 cm³/mol. The summed E-state index contributed by atoms with van der Waals surface area (Å²) in [5, 5.41) is 35.4. The average molecular weight is 770 g/mol. The number of ether oxygens (including phenoxy) is 2. The first-order valence-corrected chi connectivity index (χ1v) is 18.9. The van der Waals surface area contributed by atoms with E-state index in [1.807, 2.05) is 6.92 Å². The lowest BCUT2D eigenvalue weighted by atomic mass is 9.78. The Balaban J connectivity index is 2.41. The molecule has 306 valence electrons. The first-order valence-electron chi connectivity index (χ1n) is 18.9. The van der Waals surface area contributed by atoms with E-state index in [4.69, 9.17) is 19.7 Å². The molecule has 0 heterocycles. The molecule has 1 fully saturated rings. The van der Waals surface area contributed by atoms with E-state index < -0.39 is 47.5 Å². The number of carboxylic acids is 3. The number of ketones is 3. The summed E-state index contributed by atoms with van der Waals surface area (Å²) in [5.74, 6) is -6.57. The molecule has 2 atom stereocenters. The zero-order valence-corrected chi connectivity index (χ0v) is 31.4. The molecular formula is C37H59N3O14. The number of carbonyl (C=O) groups is 9. The molecule has 17 nitrogen and oxygen atoms in total. The van der Waals surface area contributed by atoms with Gasteiger partial charge in [-0.25, -0.2) is 0 Å². The van der Waals surface area contributed by atoms with Crippen LogP contribution in [0, 0.1) is 17.8 Å². The van der Waals surface area contributed by atoms with Crippen LogP contribution in [0.25, 0.3) is 0 Å². The summed E-state index contributed by atoms with van der Waals surface area (Å²) < 4.78 is 10.6. The van der Waals surface area contributed by atoms with Crippen LogP contribution in [0.15, 0.2) is 0 Å². The molecule has 0 saturated heterocycles. The summed E-state index contributed by atoms with van der Waals surface area (Å²) in [4.78, 5) is 108. The van der Waals surface area contributed by atoms with Crippen LogP contribution in [0.2, 0.25) is 0 Å². The van der Waals surface area contributed by atoms with Gasteiger partial charge in [0.25, 0.3) is 0 Å². The van der Waals surface area contributed by atoms with Crippen LogP contribution >= 0.6 is 0 Å². The third-order valence-electron chi connectivity index (χ3n) is 9.18. The van der Waals surface area contributed by atoms with E-state index in [0.29, 0.717) is 38.6 Å². The quantitative estimate of drug-likeness (QED) is 0.0536. The predicted octanol–water partition coefficient (Wildman–Crippen LogP) is 2.21. The maximum absolute atomic E-state index is 13.0. The second kappa shape index (κ2) is 28.2. The summed E-state index contributed by atoms with van der Waals surface area (Å²) in [5.41, 5.74) is 0. The number of nitrogens with one attached hydrogen (secondary N) is 3. The van der Waals surface area contributed by atoms with Gasteiger partial charge < -0.3 is 40.7 Å². The number of amides is 3. The van der Waals surface area contributed by atoms with Crippen LogP contribution in [-0.4, -0.2) is 114 Å². The Morgan fingerprint density at radius 2 is 1.35 bits per heavy atom. The van der Waals surface area contributed by atoms with Gasteiger partial charge in [-0.1, -0.05) is 13.3 Å². The number of unbranched alkanes of at least 4 members (excludes halogenated alkanes) is 1. The Kier molecular flexibility index (Phi) is 25.0. The molecular weight excluding hydrogens is 710 g/mol. The molecule has 17 heteroatoms. The summed E-state index contributed by atoms with van der Waals surface area (Å²) >= 11 is 0. The minimum Gasteiger partial charge on any atom is -0.481 e. The monoisotopic (exact) mass is 769 g/mol. The van der Waals surface area contributed by atoms with Gasteiger partial charge in [-0.3, -0.25) is 43.2 Å². The average Bonchev–Trinajstić information content (AvgIpc) is 3.13. The van der Waals surface area contributed by atoms with Gasteiger partial charge in [0.15, 0.2) is 11.6 Å². The van der Waals surface area contributed by atoms with Gasteiger partial charge in [0.1, 0.15) is 12.4 Å². The number of hydrogen-bond acceptors (Lipinski definition) is 11.